The minimum absolute atomic E-state index is 0.861. The molecule has 0 amide bonds. The smallest absolute Gasteiger partial charge is 0.145 e. The number of benzene rings is 1. The van der Waals surface area contributed by atoms with Gasteiger partial charge in [-0.2, -0.15) is 0 Å². The minimum atomic E-state index is 0.861. The SMILES string of the molecule is CCCCCc1ccc2cccc(OC)c2n1. The quantitative estimate of drug-likeness (QED) is 0.723. The number of aromatic nitrogens is 1. The second-order valence-electron chi connectivity index (χ2n) is 4.29. The lowest BCUT2D eigenvalue weighted by atomic mass is 10.1. The normalized spacial score (nSPS) is 10.7. The van der Waals surface area contributed by atoms with Gasteiger partial charge in [-0.3, -0.25) is 0 Å². The van der Waals surface area contributed by atoms with Crippen LogP contribution in [0.4, 0.5) is 0 Å². The molecule has 0 aliphatic heterocycles. The van der Waals surface area contributed by atoms with Gasteiger partial charge in [0.1, 0.15) is 11.3 Å². The van der Waals surface area contributed by atoms with E-state index in [4.69, 9.17) is 9.72 Å². The van der Waals surface area contributed by atoms with E-state index in [0.29, 0.717) is 0 Å². The number of unbranched alkanes of at least 4 members (excludes halogenated alkanes) is 2. The zero-order valence-electron chi connectivity index (χ0n) is 10.6. The lowest BCUT2D eigenvalue weighted by Crippen LogP contribution is -1.93. The van der Waals surface area contributed by atoms with Crippen molar-refractivity contribution in [1.29, 1.82) is 0 Å². The zero-order chi connectivity index (χ0) is 12.1. The Morgan fingerprint density at radius 3 is 2.76 bits per heavy atom. The maximum atomic E-state index is 5.35. The summed E-state index contributed by atoms with van der Waals surface area (Å²) in [4.78, 5) is 4.69. The molecule has 2 aromatic rings. The lowest BCUT2D eigenvalue weighted by Gasteiger charge is -2.06. The Bertz CT molecular complexity index is 493. The molecule has 2 rings (SSSR count). The van der Waals surface area contributed by atoms with Gasteiger partial charge in [-0.05, 0) is 25.0 Å². The molecule has 0 fully saturated rings. The van der Waals surface area contributed by atoms with Crippen LogP contribution < -0.4 is 4.74 Å². The lowest BCUT2D eigenvalue weighted by molar-refractivity contribution is 0.419. The van der Waals surface area contributed by atoms with Gasteiger partial charge in [0.15, 0.2) is 0 Å². The standard InChI is InChI=1S/C15H19NO/c1-3-4-5-8-13-11-10-12-7-6-9-14(17-2)15(12)16-13/h6-7,9-11H,3-5,8H2,1-2H3. The monoisotopic (exact) mass is 229 g/mol. The molecule has 90 valence electrons. The Morgan fingerprint density at radius 2 is 2.00 bits per heavy atom. The summed E-state index contributed by atoms with van der Waals surface area (Å²) in [5, 5.41) is 1.14. The van der Waals surface area contributed by atoms with Crippen LogP contribution in [0.1, 0.15) is 31.9 Å². The topological polar surface area (TPSA) is 22.1 Å². The van der Waals surface area contributed by atoms with Crippen LogP contribution in [0.5, 0.6) is 5.75 Å². The number of methoxy groups -OCH3 is 1. The fourth-order valence-corrected chi connectivity index (χ4v) is 2.02. The first-order valence-corrected chi connectivity index (χ1v) is 6.27. The van der Waals surface area contributed by atoms with Crippen molar-refractivity contribution >= 4 is 10.9 Å². The molecular formula is C15H19NO. The number of nitrogens with zero attached hydrogens (tertiary/aromatic N) is 1. The number of ether oxygens (including phenoxy) is 1. The van der Waals surface area contributed by atoms with Crippen LogP contribution in [0.2, 0.25) is 0 Å². The third-order valence-electron chi connectivity index (χ3n) is 3.00. The highest BCUT2D eigenvalue weighted by molar-refractivity contribution is 5.84. The first kappa shape index (κ1) is 11.9. The maximum absolute atomic E-state index is 5.35. The molecule has 0 aliphatic carbocycles. The van der Waals surface area contributed by atoms with Crippen molar-refractivity contribution in [2.45, 2.75) is 32.6 Å². The molecule has 0 saturated heterocycles. The summed E-state index contributed by atoms with van der Waals surface area (Å²) in [6.07, 6.45) is 4.79. The van der Waals surface area contributed by atoms with Crippen molar-refractivity contribution in [2.24, 2.45) is 0 Å². The third kappa shape index (κ3) is 2.76. The van der Waals surface area contributed by atoms with Crippen LogP contribution in [0.25, 0.3) is 10.9 Å². The average molecular weight is 229 g/mol. The molecule has 0 atom stereocenters. The van der Waals surface area contributed by atoms with Crippen LogP contribution >= 0.6 is 0 Å². The van der Waals surface area contributed by atoms with Gasteiger partial charge >= 0.3 is 0 Å². The van der Waals surface area contributed by atoms with E-state index < -0.39 is 0 Å². The molecule has 2 nitrogen and oxygen atoms in total. The van der Waals surface area contributed by atoms with Crippen LogP contribution in [0.15, 0.2) is 30.3 Å². The third-order valence-corrected chi connectivity index (χ3v) is 3.00. The Balaban J connectivity index is 2.28. The molecule has 0 radical (unpaired) electrons. The molecule has 0 unspecified atom stereocenters. The summed E-state index contributed by atoms with van der Waals surface area (Å²) in [5.74, 6) is 0.861. The molecule has 0 aliphatic rings. The van der Waals surface area contributed by atoms with E-state index in [1.165, 1.54) is 19.3 Å². The number of fused-ring (bicyclic) bond motifs is 1. The van der Waals surface area contributed by atoms with Gasteiger partial charge in [0.2, 0.25) is 0 Å². The van der Waals surface area contributed by atoms with Crippen molar-refractivity contribution in [3.63, 3.8) is 0 Å². The molecule has 17 heavy (non-hydrogen) atoms. The van der Waals surface area contributed by atoms with E-state index in [0.717, 1.165) is 28.8 Å². The van der Waals surface area contributed by atoms with Crippen LogP contribution in [-0.4, -0.2) is 12.1 Å². The predicted molar refractivity (Wildman–Crippen MR) is 71.5 cm³/mol. The second-order valence-corrected chi connectivity index (χ2v) is 4.29. The Kier molecular flexibility index (Phi) is 3.97. The van der Waals surface area contributed by atoms with E-state index in [-0.39, 0.29) is 0 Å². The van der Waals surface area contributed by atoms with Gasteiger partial charge in [-0.25, -0.2) is 4.98 Å². The molecule has 1 aromatic heterocycles. The maximum Gasteiger partial charge on any atom is 0.145 e. The number of pyridine rings is 1. The van der Waals surface area contributed by atoms with Gasteiger partial charge in [-0.15, -0.1) is 0 Å². The van der Waals surface area contributed by atoms with E-state index in [1.807, 2.05) is 12.1 Å². The van der Waals surface area contributed by atoms with Crippen molar-refractivity contribution < 1.29 is 4.74 Å². The van der Waals surface area contributed by atoms with Crippen LogP contribution in [-0.2, 0) is 6.42 Å². The molecular weight excluding hydrogens is 210 g/mol. The van der Waals surface area contributed by atoms with Crippen LogP contribution in [0, 0.1) is 0 Å². The number of hydrogen-bond acceptors (Lipinski definition) is 2. The van der Waals surface area contributed by atoms with Gasteiger partial charge < -0.3 is 4.74 Å². The predicted octanol–water partition coefficient (Wildman–Crippen LogP) is 3.98. The molecule has 0 saturated carbocycles. The average Bonchev–Trinajstić information content (AvgIpc) is 2.38. The molecule has 0 bridgehead atoms. The molecule has 0 spiro atoms. The van der Waals surface area contributed by atoms with Gasteiger partial charge in [0.25, 0.3) is 0 Å². The fourth-order valence-electron chi connectivity index (χ4n) is 2.02. The number of rotatable bonds is 5. The number of hydrogen-bond donors (Lipinski definition) is 0. The zero-order valence-corrected chi connectivity index (χ0v) is 10.6. The largest absolute Gasteiger partial charge is 0.494 e. The second kappa shape index (κ2) is 5.67. The molecule has 1 heterocycles. The first-order valence-electron chi connectivity index (χ1n) is 6.27. The van der Waals surface area contributed by atoms with Gasteiger partial charge in [-0.1, -0.05) is 38.0 Å². The molecule has 2 heteroatoms. The summed E-state index contributed by atoms with van der Waals surface area (Å²) in [6, 6.07) is 10.3. The van der Waals surface area contributed by atoms with Crippen molar-refractivity contribution in [3.05, 3.63) is 36.0 Å². The summed E-state index contributed by atoms with van der Waals surface area (Å²) in [5.41, 5.74) is 2.14. The highest BCUT2D eigenvalue weighted by Crippen LogP contribution is 2.23. The minimum Gasteiger partial charge on any atom is -0.494 e. The van der Waals surface area contributed by atoms with E-state index in [1.54, 1.807) is 7.11 Å². The Labute approximate surface area is 103 Å². The Hall–Kier alpha value is -1.57. The highest BCUT2D eigenvalue weighted by Gasteiger charge is 2.03. The number of aryl methyl sites for hydroxylation is 1. The summed E-state index contributed by atoms with van der Waals surface area (Å²) < 4.78 is 5.35. The van der Waals surface area contributed by atoms with Crippen molar-refractivity contribution in [3.8, 4) is 5.75 Å². The fraction of sp³-hybridized carbons (Fsp3) is 0.400. The van der Waals surface area contributed by atoms with Crippen molar-refractivity contribution in [2.75, 3.05) is 7.11 Å². The summed E-state index contributed by atoms with van der Waals surface area (Å²) >= 11 is 0. The van der Waals surface area contributed by atoms with Crippen molar-refractivity contribution in [1.82, 2.24) is 4.98 Å². The van der Waals surface area contributed by atoms with Gasteiger partial charge in [0, 0.05) is 11.1 Å². The van der Waals surface area contributed by atoms with E-state index in [2.05, 4.69) is 25.1 Å². The number of para-hydroxylation sites is 1. The first-order chi connectivity index (χ1) is 8.35. The van der Waals surface area contributed by atoms with E-state index >= 15 is 0 Å². The molecule has 1 aromatic carbocycles. The van der Waals surface area contributed by atoms with E-state index in [9.17, 15) is 0 Å². The summed E-state index contributed by atoms with van der Waals surface area (Å²) in [6.45, 7) is 2.22. The van der Waals surface area contributed by atoms with Gasteiger partial charge in [0.05, 0.1) is 7.11 Å². The van der Waals surface area contributed by atoms with Crippen LogP contribution in [0.3, 0.4) is 0 Å². The highest BCUT2D eigenvalue weighted by atomic mass is 16.5. The molecule has 0 N–H and O–H groups in total. The Morgan fingerprint density at radius 1 is 1.12 bits per heavy atom. The summed E-state index contributed by atoms with van der Waals surface area (Å²) in [7, 11) is 1.69.